The second-order valence-corrected chi connectivity index (χ2v) is 6.47. The Morgan fingerprint density at radius 1 is 1.45 bits per heavy atom. The molecule has 0 aromatic heterocycles. The van der Waals surface area contributed by atoms with Crippen LogP contribution in [0.15, 0.2) is 29.2 Å². The molecule has 7 heteroatoms. The van der Waals surface area contributed by atoms with Crippen LogP contribution in [0.25, 0.3) is 0 Å². The maximum absolute atomic E-state index is 12.1. The molecule has 1 saturated heterocycles. The van der Waals surface area contributed by atoms with E-state index in [9.17, 15) is 13.2 Å². The number of hydrogen-bond acceptors (Lipinski definition) is 4. The number of nitrogens with zero attached hydrogens (tertiary/aromatic N) is 1. The molecule has 1 N–H and O–H groups in total. The number of rotatable bonds is 4. The minimum Gasteiger partial charge on any atom is -0.465 e. The number of amides is 1. The smallest absolute Gasteiger partial charge is 0.407 e. The first-order valence-electron chi connectivity index (χ1n) is 6.33. The molecule has 0 radical (unpaired) electrons. The third-order valence-corrected chi connectivity index (χ3v) is 4.82. The predicted molar refractivity (Wildman–Crippen MR) is 72.0 cm³/mol. The highest BCUT2D eigenvalue weighted by atomic mass is 32.2. The Labute approximate surface area is 118 Å². The number of carbonyl (C=O) groups is 1. The Morgan fingerprint density at radius 3 is 2.75 bits per heavy atom. The Bertz CT molecular complexity index is 599. The van der Waals surface area contributed by atoms with E-state index in [4.69, 9.17) is 9.29 Å². The summed E-state index contributed by atoms with van der Waals surface area (Å²) in [6.07, 6.45) is -0.357. The van der Waals surface area contributed by atoms with E-state index in [0.717, 1.165) is 0 Å². The van der Waals surface area contributed by atoms with E-state index in [1.54, 1.807) is 25.1 Å². The van der Waals surface area contributed by atoms with Crippen molar-refractivity contribution in [2.24, 2.45) is 5.92 Å². The summed E-state index contributed by atoms with van der Waals surface area (Å²) < 4.78 is 29.2. The molecule has 1 aliphatic rings. The van der Waals surface area contributed by atoms with Gasteiger partial charge in [0.05, 0.1) is 11.5 Å². The van der Waals surface area contributed by atoms with Gasteiger partial charge in [-0.1, -0.05) is 18.2 Å². The summed E-state index contributed by atoms with van der Waals surface area (Å²) >= 11 is 0. The van der Waals surface area contributed by atoms with Crippen LogP contribution in [0.5, 0.6) is 0 Å². The van der Waals surface area contributed by atoms with E-state index in [1.807, 2.05) is 0 Å². The summed E-state index contributed by atoms with van der Waals surface area (Å²) in [6.45, 7) is 2.46. The van der Waals surface area contributed by atoms with Gasteiger partial charge in [-0.25, -0.2) is 4.79 Å². The van der Waals surface area contributed by atoms with E-state index in [-0.39, 0.29) is 17.4 Å². The number of benzene rings is 1. The van der Waals surface area contributed by atoms with Crippen molar-refractivity contribution in [1.29, 1.82) is 0 Å². The van der Waals surface area contributed by atoms with Gasteiger partial charge in [0, 0.05) is 19.0 Å². The van der Waals surface area contributed by atoms with E-state index < -0.39 is 16.2 Å². The van der Waals surface area contributed by atoms with Gasteiger partial charge >= 0.3 is 6.09 Å². The standard InChI is InChI=1S/C13H17NO5S/c1-10-4-2-3-5-12(10)20(17,18)19-9-11-6-7-14(8-11)13(15)16/h2-5,11H,6-9H2,1H3,(H,15,16). The molecule has 1 aliphatic heterocycles. The van der Waals surface area contributed by atoms with Crippen LogP contribution in [0, 0.1) is 12.8 Å². The predicted octanol–water partition coefficient (Wildman–Crippen LogP) is 1.70. The molecule has 0 bridgehead atoms. The van der Waals surface area contributed by atoms with Crippen LogP contribution >= 0.6 is 0 Å². The molecule has 1 fully saturated rings. The molecule has 110 valence electrons. The molecule has 2 rings (SSSR count). The van der Waals surface area contributed by atoms with Crippen LogP contribution in [-0.4, -0.2) is 44.2 Å². The second kappa shape index (κ2) is 5.80. The van der Waals surface area contributed by atoms with E-state index >= 15 is 0 Å². The molecule has 0 spiro atoms. The minimum absolute atomic E-state index is 0.0143. The lowest BCUT2D eigenvalue weighted by Gasteiger charge is -2.13. The summed E-state index contributed by atoms with van der Waals surface area (Å²) in [5.41, 5.74) is 0.631. The average Bonchev–Trinajstić information content (AvgIpc) is 2.86. The van der Waals surface area contributed by atoms with Gasteiger partial charge in [0.2, 0.25) is 0 Å². The SMILES string of the molecule is Cc1ccccc1S(=O)(=O)OCC1CCN(C(=O)O)C1. The van der Waals surface area contributed by atoms with Crippen molar-refractivity contribution in [2.45, 2.75) is 18.2 Å². The number of hydrogen-bond donors (Lipinski definition) is 1. The Kier molecular flexibility index (Phi) is 4.29. The topological polar surface area (TPSA) is 83.9 Å². The van der Waals surface area contributed by atoms with Gasteiger partial charge in [-0.3, -0.25) is 4.18 Å². The number of carboxylic acid groups (broad SMARTS) is 1. The van der Waals surface area contributed by atoms with Crippen LogP contribution < -0.4 is 0 Å². The molecule has 1 atom stereocenters. The Balaban J connectivity index is 1.98. The molecule has 0 aliphatic carbocycles. The van der Waals surface area contributed by atoms with Crippen LogP contribution in [0.1, 0.15) is 12.0 Å². The third-order valence-electron chi connectivity index (χ3n) is 3.38. The van der Waals surface area contributed by atoms with Gasteiger partial charge in [-0.2, -0.15) is 8.42 Å². The fourth-order valence-corrected chi connectivity index (χ4v) is 3.43. The zero-order chi connectivity index (χ0) is 14.8. The maximum atomic E-state index is 12.1. The Hall–Kier alpha value is -1.60. The highest BCUT2D eigenvalue weighted by Gasteiger charge is 2.28. The zero-order valence-corrected chi connectivity index (χ0v) is 12.0. The number of likely N-dealkylation sites (tertiary alicyclic amines) is 1. The molecule has 0 saturated carbocycles. The summed E-state index contributed by atoms with van der Waals surface area (Å²) in [6, 6.07) is 6.61. The highest BCUT2D eigenvalue weighted by Crippen LogP contribution is 2.21. The van der Waals surface area contributed by atoms with E-state index in [0.29, 0.717) is 25.1 Å². The first kappa shape index (κ1) is 14.8. The van der Waals surface area contributed by atoms with E-state index in [1.165, 1.54) is 11.0 Å². The van der Waals surface area contributed by atoms with Crippen LogP contribution in [0.3, 0.4) is 0 Å². The van der Waals surface area contributed by atoms with Crippen molar-refractivity contribution >= 4 is 16.2 Å². The molecular weight excluding hydrogens is 282 g/mol. The molecule has 1 heterocycles. The first-order valence-corrected chi connectivity index (χ1v) is 7.74. The fraction of sp³-hybridized carbons (Fsp3) is 0.462. The normalized spacial score (nSPS) is 19.2. The van der Waals surface area contributed by atoms with Gasteiger partial charge in [-0.15, -0.1) is 0 Å². The molecular formula is C13H17NO5S. The highest BCUT2D eigenvalue weighted by molar-refractivity contribution is 7.86. The quantitative estimate of drug-likeness (QED) is 0.855. The molecule has 20 heavy (non-hydrogen) atoms. The third kappa shape index (κ3) is 3.29. The monoisotopic (exact) mass is 299 g/mol. The van der Waals surface area contributed by atoms with Gasteiger partial charge in [0.1, 0.15) is 0 Å². The zero-order valence-electron chi connectivity index (χ0n) is 11.2. The summed E-state index contributed by atoms with van der Waals surface area (Å²) in [5.74, 6) is -0.0788. The van der Waals surface area contributed by atoms with Gasteiger partial charge in [0.25, 0.3) is 10.1 Å². The maximum Gasteiger partial charge on any atom is 0.407 e. The first-order chi connectivity index (χ1) is 9.40. The van der Waals surface area contributed by atoms with Gasteiger partial charge < -0.3 is 10.0 Å². The molecule has 1 amide bonds. The van der Waals surface area contributed by atoms with Crippen molar-refractivity contribution in [3.05, 3.63) is 29.8 Å². The molecule has 6 nitrogen and oxygen atoms in total. The molecule has 1 aromatic rings. The van der Waals surface area contributed by atoms with Crippen LogP contribution in [0.2, 0.25) is 0 Å². The average molecular weight is 299 g/mol. The van der Waals surface area contributed by atoms with E-state index in [2.05, 4.69) is 0 Å². The lowest BCUT2D eigenvalue weighted by atomic mass is 10.1. The fourth-order valence-electron chi connectivity index (χ4n) is 2.23. The summed E-state index contributed by atoms with van der Waals surface area (Å²) in [4.78, 5) is 12.2. The van der Waals surface area contributed by atoms with Crippen molar-refractivity contribution in [2.75, 3.05) is 19.7 Å². The largest absolute Gasteiger partial charge is 0.465 e. The van der Waals surface area contributed by atoms with Crippen LogP contribution in [-0.2, 0) is 14.3 Å². The van der Waals surface area contributed by atoms with Gasteiger partial charge in [0.15, 0.2) is 0 Å². The molecule has 1 unspecified atom stereocenters. The number of aryl methyl sites for hydroxylation is 1. The summed E-state index contributed by atoms with van der Waals surface area (Å²) in [7, 11) is -3.78. The second-order valence-electron chi connectivity index (χ2n) is 4.89. The lowest BCUT2D eigenvalue weighted by Crippen LogP contribution is -2.27. The van der Waals surface area contributed by atoms with Crippen LogP contribution in [0.4, 0.5) is 4.79 Å². The molecule has 1 aromatic carbocycles. The van der Waals surface area contributed by atoms with Crippen molar-refractivity contribution in [1.82, 2.24) is 4.90 Å². The van der Waals surface area contributed by atoms with Crippen molar-refractivity contribution in [3.63, 3.8) is 0 Å². The summed E-state index contributed by atoms with van der Waals surface area (Å²) in [5, 5.41) is 8.84. The Morgan fingerprint density at radius 2 is 2.15 bits per heavy atom. The minimum atomic E-state index is -3.78. The lowest BCUT2D eigenvalue weighted by molar-refractivity contribution is 0.152. The van der Waals surface area contributed by atoms with Crippen molar-refractivity contribution < 1.29 is 22.5 Å². The van der Waals surface area contributed by atoms with Gasteiger partial charge in [-0.05, 0) is 25.0 Å². The van der Waals surface area contributed by atoms with Crippen molar-refractivity contribution in [3.8, 4) is 0 Å².